The van der Waals surface area contributed by atoms with Gasteiger partial charge in [-0.25, -0.2) is 0 Å². The molecular weight excluding hydrogens is 216 g/mol. The lowest BCUT2D eigenvalue weighted by molar-refractivity contribution is 0.0150. The van der Waals surface area contributed by atoms with Crippen molar-refractivity contribution in [2.75, 3.05) is 7.11 Å². The summed E-state index contributed by atoms with van der Waals surface area (Å²) in [5.74, 6) is 0.907. The lowest BCUT2D eigenvalue weighted by atomic mass is 9.77. The van der Waals surface area contributed by atoms with Crippen molar-refractivity contribution >= 4 is 5.84 Å². The maximum absolute atomic E-state index is 7.38. The van der Waals surface area contributed by atoms with Gasteiger partial charge in [0.2, 0.25) is 0 Å². The molecule has 0 spiro atoms. The van der Waals surface area contributed by atoms with Crippen molar-refractivity contribution in [2.45, 2.75) is 57.0 Å². The van der Waals surface area contributed by atoms with Gasteiger partial charge in [-0.3, -0.25) is 16.0 Å². The topological polar surface area (TPSA) is 83.2 Å². The zero-order valence-corrected chi connectivity index (χ0v) is 10.7. The predicted octanol–water partition coefficient (Wildman–Crippen LogP) is 0.404. The first kappa shape index (κ1) is 12.8. The number of hydrogen-bond acceptors (Lipinski definition) is 4. The molecule has 2 aliphatic rings. The van der Waals surface area contributed by atoms with Crippen molar-refractivity contribution in [1.82, 2.24) is 10.6 Å². The Morgan fingerprint density at radius 3 is 2.82 bits per heavy atom. The first-order valence-electron chi connectivity index (χ1n) is 6.48. The Balaban J connectivity index is 1.96. The summed E-state index contributed by atoms with van der Waals surface area (Å²) in [7, 11) is 1.79. The molecule has 5 heteroatoms. The van der Waals surface area contributed by atoms with Crippen LogP contribution in [-0.4, -0.2) is 37.3 Å². The number of ether oxygens (including phenoxy) is 1. The van der Waals surface area contributed by atoms with E-state index in [1.165, 1.54) is 6.42 Å². The molecule has 5 atom stereocenters. The van der Waals surface area contributed by atoms with Crippen molar-refractivity contribution in [2.24, 2.45) is 11.7 Å². The normalized spacial score (nSPS) is 41.9. The Kier molecular flexibility index (Phi) is 4.01. The van der Waals surface area contributed by atoms with Crippen LogP contribution in [0.25, 0.3) is 0 Å². The standard InChI is InChI=1S/C12H24N4O/c1-7-9-4-3-8(17-2)5-10(9)16-12(15-7)6-11(13)14/h7-10,12,15-16H,3-6H2,1-2H3,(H3,13,14). The molecule has 1 heterocycles. The number of methoxy groups -OCH3 is 1. The fraction of sp³-hybridized carbons (Fsp3) is 0.917. The Labute approximate surface area is 103 Å². The van der Waals surface area contributed by atoms with Crippen molar-refractivity contribution in [3.63, 3.8) is 0 Å². The van der Waals surface area contributed by atoms with E-state index in [9.17, 15) is 0 Å². The maximum atomic E-state index is 7.38. The molecule has 98 valence electrons. The number of hydrogen-bond donors (Lipinski definition) is 4. The molecular formula is C12H24N4O. The highest BCUT2D eigenvalue weighted by atomic mass is 16.5. The Hall–Kier alpha value is -0.650. The Bertz CT molecular complexity index is 284. The molecule has 0 bridgehead atoms. The van der Waals surface area contributed by atoms with E-state index in [2.05, 4.69) is 17.6 Å². The summed E-state index contributed by atoms with van der Waals surface area (Å²) in [4.78, 5) is 0. The average Bonchev–Trinajstić information content (AvgIpc) is 2.27. The van der Waals surface area contributed by atoms with Crippen molar-refractivity contribution in [3.8, 4) is 0 Å². The number of nitrogens with one attached hydrogen (secondary N) is 3. The van der Waals surface area contributed by atoms with Gasteiger partial charge >= 0.3 is 0 Å². The molecule has 1 saturated carbocycles. The molecule has 1 saturated heterocycles. The van der Waals surface area contributed by atoms with E-state index in [0.29, 0.717) is 30.5 Å². The second-order valence-corrected chi connectivity index (χ2v) is 5.35. The summed E-state index contributed by atoms with van der Waals surface area (Å²) in [6.07, 6.45) is 4.53. The van der Waals surface area contributed by atoms with Gasteiger partial charge in [0.05, 0.1) is 18.1 Å². The van der Waals surface area contributed by atoms with Gasteiger partial charge in [0.15, 0.2) is 0 Å². The van der Waals surface area contributed by atoms with E-state index >= 15 is 0 Å². The van der Waals surface area contributed by atoms with Crippen LogP contribution in [0.2, 0.25) is 0 Å². The molecule has 0 aromatic heterocycles. The monoisotopic (exact) mass is 240 g/mol. The van der Waals surface area contributed by atoms with Gasteiger partial charge in [-0.2, -0.15) is 0 Å². The summed E-state index contributed by atoms with van der Waals surface area (Å²) >= 11 is 0. The summed E-state index contributed by atoms with van der Waals surface area (Å²) in [6.45, 7) is 2.23. The van der Waals surface area contributed by atoms with Gasteiger partial charge in [0.25, 0.3) is 0 Å². The van der Waals surface area contributed by atoms with Crippen LogP contribution in [0.4, 0.5) is 0 Å². The lowest BCUT2D eigenvalue weighted by Gasteiger charge is -2.46. The molecule has 5 N–H and O–H groups in total. The van der Waals surface area contributed by atoms with E-state index in [-0.39, 0.29) is 12.0 Å². The third-order valence-electron chi connectivity index (χ3n) is 4.13. The minimum atomic E-state index is 0.138. The Morgan fingerprint density at radius 2 is 2.18 bits per heavy atom. The molecule has 2 rings (SSSR count). The van der Waals surface area contributed by atoms with Crippen LogP contribution in [-0.2, 0) is 4.74 Å². The predicted molar refractivity (Wildman–Crippen MR) is 68.0 cm³/mol. The van der Waals surface area contributed by atoms with Crippen molar-refractivity contribution in [1.29, 1.82) is 5.41 Å². The zero-order valence-electron chi connectivity index (χ0n) is 10.7. The largest absolute Gasteiger partial charge is 0.388 e. The molecule has 5 unspecified atom stereocenters. The SMILES string of the molecule is COC1CCC2C(C)NC(CC(=N)N)NC2C1. The average molecular weight is 240 g/mol. The highest BCUT2D eigenvalue weighted by molar-refractivity contribution is 5.77. The van der Waals surface area contributed by atoms with Crippen LogP contribution >= 0.6 is 0 Å². The first-order chi connectivity index (χ1) is 8.10. The van der Waals surface area contributed by atoms with Crippen molar-refractivity contribution < 1.29 is 4.74 Å². The molecule has 2 fully saturated rings. The van der Waals surface area contributed by atoms with Gasteiger partial charge in [0.1, 0.15) is 0 Å². The smallest absolute Gasteiger partial charge is 0.0934 e. The number of amidine groups is 1. The summed E-state index contributed by atoms with van der Waals surface area (Å²) in [5, 5.41) is 14.5. The third kappa shape index (κ3) is 2.97. The van der Waals surface area contributed by atoms with Crippen LogP contribution in [0, 0.1) is 11.3 Å². The van der Waals surface area contributed by atoms with Crippen molar-refractivity contribution in [3.05, 3.63) is 0 Å². The molecule has 0 amide bonds. The quantitative estimate of drug-likeness (QED) is 0.425. The van der Waals surface area contributed by atoms with Gasteiger partial charge in [-0.05, 0) is 32.1 Å². The van der Waals surface area contributed by atoms with E-state index in [4.69, 9.17) is 15.9 Å². The second-order valence-electron chi connectivity index (χ2n) is 5.35. The van der Waals surface area contributed by atoms with E-state index < -0.39 is 0 Å². The van der Waals surface area contributed by atoms with E-state index in [1.807, 2.05) is 0 Å². The summed E-state index contributed by atoms with van der Waals surface area (Å²) < 4.78 is 5.46. The number of rotatable bonds is 3. The summed E-state index contributed by atoms with van der Waals surface area (Å²) in [5.41, 5.74) is 5.47. The fourth-order valence-corrected chi connectivity index (χ4v) is 3.24. The minimum Gasteiger partial charge on any atom is -0.388 e. The summed E-state index contributed by atoms with van der Waals surface area (Å²) in [6, 6.07) is 0.984. The van der Waals surface area contributed by atoms with Gasteiger partial charge in [0, 0.05) is 25.6 Å². The van der Waals surface area contributed by atoms with Crippen LogP contribution in [0.15, 0.2) is 0 Å². The number of fused-ring (bicyclic) bond motifs is 1. The Morgan fingerprint density at radius 1 is 1.41 bits per heavy atom. The lowest BCUT2D eigenvalue weighted by Crippen LogP contribution is -2.64. The molecule has 5 nitrogen and oxygen atoms in total. The van der Waals surface area contributed by atoms with Gasteiger partial charge in [-0.1, -0.05) is 0 Å². The van der Waals surface area contributed by atoms with E-state index in [1.54, 1.807) is 7.11 Å². The molecule has 0 aromatic rings. The minimum absolute atomic E-state index is 0.138. The molecule has 0 aromatic carbocycles. The van der Waals surface area contributed by atoms with Crippen LogP contribution in [0.3, 0.4) is 0 Å². The third-order valence-corrected chi connectivity index (χ3v) is 4.13. The van der Waals surface area contributed by atoms with Crippen LogP contribution in [0.5, 0.6) is 0 Å². The first-order valence-corrected chi connectivity index (χ1v) is 6.48. The van der Waals surface area contributed by atoms with Crippen LogP contribution in [0.1, 0.15) is 32.6 Å². The number of nitrogens with two attached hydrogens (primary N) is 1. The highest BCUT2D eigenvalue weighted by Gasteiger charge is 2.38. The highest BCUT2D eigenvalue weighted by Crippen LogP contribution is 2.31. The molecule has 17 heavy (non-hydrogen) atoms. The fourth-order valence-electron chi connectivity index (χ4n) is 3.24. The zero-order chi connectivity index (χ0) is 12.4. The van der Waals surface area contributed by atoms with Gasteiger partial charge < -0.3 is 10.5 Å². The molecule has 1 aliphatic carbocycles. The van der Waals surface area contributed by atoms with E-state index in [0.717, 1.165) is 12.8 Å². The van der Waals surface area contributed by atoms with Crippen LogP contribution < -0.4 is 16.4 Å². The maximum Gasteiger partial charge on any atom is 0.0934 e. The van der Waals surface area contributed by atoms with Gasteiger partial charge in [-0.15, -0.1) is 0 Å². The molecule has 0 radical (unpaired) electrons. The molecule has 1 aliphatic heterocycles. The second kappa shape index (κ2) is 5.33.